The number of hydrogen-bond donors (Lipinski definition) is 0. The average molecular weight is 311 g/mol. The van der Waals surface area contributed by atoms with Gasteiger partial charge in [-0.05, 0) is 81.3 Å². The van der Waals surface area contributed by atoms with Crippen molar-refractivity contribution in [2.75, 3.05) is 7.05 Å². The Balaban J connectivity index is 1.52. The van der Waals surface area contributed by atoms with Crippen LogP contribution in [0.25, 0.3) is 0 Å². The number of aryl methyl sites for hydroxylation is 2. The molecule has 0 heterocycles. The van der Waals surface area contributed by atoms with Gasteiger partial charge < -0.3 is 4.90 Å². The smallest absolute Gasteiger partial charge is 0.228 e. The van der Waals surface area contributed by atoms with E-state index in [-0.39, 0.29) is 5.41 Å². The van der Waals surface area contributed by atoms with E-state index in [0.29, 0.717) is 5.91 Å². The first kappa shape index (κ1) is 15.2. The minimum atomic E-state index is -0.0118. The van der Waals surface area contributed by atoms with Gasteiger partial charge in [0.05, 0.1) is 5.41 Å². The van der Waals surface area contributed by atoms with E-state index in [0.717, 1.165) is 43.6 Å². The van der Waals surface area contributed by atoms with Gasteiger partial charge in [0.15, 0.2) is 0 Å². The van der Waals surface area contributed by atoms with Crippen LogP contribution in [-0.2, 0) is 11.3 Å². The molecule has 0 aliphatic heterocycles. The lowest BCUT2D eigenvalue weighted by Crippen LogP contribution is -2.53. The van der Waals surface area contributed by atoms with Crippen LogP contribution in [0.3, 0.4) is 0 Å². The van der Waals surface area contributed by atoms with Gasteiger partial charge in [-0.1, -0.05) is 23.8 Å². The molecule has 0 radical (unpaired) electrons. The Morgan fingerprint density at radius 2 is 1.65 bits per heavy atom. The molecule has 0 atom stereocenters. The van der Waals surface area contributed by atoms with Crippen molar-refractivity contribution in [3.8, 4) is 0 Å². The molecule has 4 fully saturated rings. The van der Waals surface area contributed by atoms with E-state index in [2.05, 4.69) is 32.0 Å². The highest BCUT2D eigenvalue weighted by Gasteiger charge is 2.55. The quantitative estimate of drug-likeness (QED) is 0.806. The maximum absolute atomic E-state index is 13.3. The Morgan fingerprint density at radius 3 is 2.17 bits per heavy atom. The van der Waals surface area contributed by atoms with Crippen molar-refractivity contribution in [1.29, 1.82) is 0 Å². The third-order valence-corrected chi connectivity index (χ3v) is 6.74. The monoisotopic (exact) mass is 311 g/mol. The molecule has 4 bridgehead atoms. The largest absolute Gasteiger partial charge is 0.341 e. The van der Waals surface area contributed by atoms with Crippen LogP contribution in [0, 0.1) is 37.0 Å². The standard InChI is InChI=1S/C21H29NO/c1-14-4-5-19(15(2)6-14)13-22(3)20(23)21-10-16-7-17(11-21)9-18(8-16)12-21/h4-6,16-18H,7-13H2,1-3H3. The fraction of sp³-hybridized carbons (Fsp3) is 0.667. The number of amides is 1. The minimum Gasteiger partial charge on any atom is -0.341 e. The van der Waals surface area contributed by atoms with Crippen LogP contribution in [0.1, 0.15) is 55.2 Å². The van der Waals surface area contributed by atoms with Crippen LogP contribution in [0.2, 0.25) is 0 Å². The van der Waals surface area contributed by atoms with Gasteiger partial charge in [-0.3, -0.25) is 4.79 Å². The Labute approximate surface area is 140 Å². The maximum Gasteiger partial charge on any atom is 0.228 e. The molecule has 4 aliphatic carbocycles. The zero-order valence-electron chi connectivity index (χ0n) is 14.8. The molecule has 124 valence electrons. The summed E-state index contributed by atoms with van der Waals surface area (Å²) in [5, 5.41) is 0. The zero-order valence-corrected chi connectivity index (χ0v) is 14.8. The number of benzene rings is 1. The van der Waals surface area contributed by atoms with E-state index in [4.69, 9.17) is 0 Å². The number of carbonyl (C=O) groups is 1. The summed E-state index contributed by atoms with van der Waals surface area (Å²) in [5.41, 5.74) is 3.87. The summed E-state index contributed by atoms with van der Waals surface area (Å²) < 4.78 is 0. The fourth-order valence-electron chi connectivity index (χ4n) is 6.13. The molecule has 0 aromatic heterocycles. The van der Waals surface area contributed by atoms with Crippen molar-refractivity contribution in [2.45, 2.75) is 58.9 Å². The van der Waals surface area contributed by atoms with E-state index in [9.17, 15) is 4.79 Å². The average Bonchev–Trinajstić information content (AvgIpc) is 2.48. The highest BCUT2D eigenvalue weighted by Crippen LogP contribution is 2.60. The van der Waals surface area contributed by atoms with Crippen molar-refractivity contribution in [3.05, 3.63) is 34.9 Å². The molecule has 0 N–H and O–H groups in total. The van der Waals surface area contributed by atoms with Gasteiger partial charge in [-0.25, -0.2) is 0 Å². The SMILES string of the molecule is Cc1ccc(CN(C)C(=O)C23CC4CC(CC(C4)C2)C3)c(C)c1. The van der Waals surface area contributed by atoms with Gasteiger partial charge in [-0.15, -0.1) is 0 Å². The summed E-state index contributed by atoms with van der Waals surface area (Å²) in [6, 6.07) is 6.57. The zero-order chi connectivity index (χ0) is 16.2. The predicted molar refractivity (Wildman–Crippen MR) is 93.0 cm³/mol. The minimum absolute atomic E-state index is 0.0118. The summed E-state index contributed by atoms with van der Waals surface area (Å²) in [6.07, 6.45) is 7.67. The molecule has 1 amide bonds. The van der Waals surface area contributed by atoms with E-state index < -0.39 is 0 Å². The number of rotatable bonds is 3. The van der Waals surface area contributed by atoms with Gasteiger partial charge >= 0.3 is 0 Å². The van der Waals surface area contributed by atoms with Gasteiger partial charge in [0.1, 0.15) is 0 Å². The lowest BCUT2D eigenvalue weighted by molar-refractivity contribution is -0.156. The van der Waals surface area contributed by atoms with Crippen molar-refractivity contribution in [1.82, 2.24) is 4.90 Å². The second kappa shape index (κ2) is 5.36. The second-order valence-corrected chi connectivity index (χ2v) is 8.79. The van der Waals surface area contributed by atoms with Crippen LogP contribution in [0.4, 0.5) is 0 Å². The van der Waals surface area contributed by atoms with E-state index in [1.165, 1.54) is 36.0 Å². The molecule has 2 nitrogen and oxygen atoms in total. The summed E-state index contributed by atoms with van der Waals surface area (Å²) in [7, 11) is 2.01. The van der Waals surface area contributed by atoms with Crippen molar-refractivity contribution < 1.29 is 4.79 Å². The normalized spacial score (nSPS) is 34.7. The first-order valence-corrected chi connectivity index (χ1v) is 9.27. The number of carbonyl (C=O) groups excluding carboxylic acids is 1. The van der Waals surface area contributed by atoms with Gasteiger partial charge in [0.2, 0.25) is 5.91 Å². The van der Waals surface area contributed by atoms with Crippen molar-refractivity contribution >= 4 is 5.91 Å². The topological polar surface area (TPSA) is 20.3 Å². The first-order chi connectivity index (χ1) is 10.9. The lowest BCUT2D eigenvalue weighted by atomic mass is 9.49. The third-order valence-electron chi connectivity index (χ3n) is 6.74. The molecule has 0 unspecified atom stereocenters. The molecular formula is C21H29NO. The molecule has 1 aromatic rings. The van der Waals surface area contributed by atoms with Crippen LogP contribution in [0.15, 0.2) is 18.2 Å². The molecule has 23 heavy (non-hydrogen) atoms. The van der Waals surface area contributed by atoms with Crippen molar-refractivity contribution in [2.24, 2.45) is 23.2 Å². The molecular weight excluding hydrogens is 282 g/mol. The van der Waals surface area contributed by atoms with Crippen LogP contribution < -0.4 is 0 Å². The molecule has 2 heteroatoms. The molecule has 5 rings (SSSR count). The first-order valence-electron chi connectivity index (χ1n) is 9.27. The van der Waals surface area contributed by atoms with Crippen LogP contribution in [-0.4, -0.2) is 17.9 Å². The van der Waals surface area contributed by atoms with Gasteiger partial charge in [-0.2, -0.15) is 0 Å². The Morgan fingerprint density at radius 1 is 1.09 bits per heavy atom. The summed E-state index contributed by atoms with van der Waals surface area (Å²) in [5.74, 6) is 2.93. The Kier molecular flexibility index (Phi) is 3.55. The second-order valence-electron chi connectivity index (χ2n) is 8.79. The third kappa shape index (κ3) is 2.60. The lowest BCUT2D eigenvalue weighted by Gasteiger charge is -2.56. The van der Waals surface area contributed by atoms with E-state index >= 15 is 0 Å². The Bertz CT molecular complexity index is 597. The molecule has 0 saturated heterocycles. The summed E-state index contributed by atoms with van der Waals surface area (Å²) in [4.78, 5) is 15.3. The van der Waals surface area contributed by atoms with Crippen molar-refractivity contribution in [3.63, 3.8) is 0 Å². The molecule has 4 aliphatic rings. The summed E-state index contributed by atoms with van der Waals surface area (Å²) in [6.45, 7) is 5.04. The molecule has 1 aromatic carbocycles. The fourth-order valence-corrected chi connectivity index (χ4v) is 6.13. The molecule has 0 spiro atoms. The molecule has 4 saturated carbocycles. The highest BCUT2D eigenvalue weighted by molar-refractivity contribution is 5.83. The van der Waals surface area contributed by atoms with Crippen LogP contribution in [0.5, 0.6) is 0 Å². The van der Waals surface area contributed by atoms with Gasteiger partial charge in [0.25, 0.3) is 0 Å². The summed E-state index contributed by atoms with van der Waals surface area (Å²) >= 11 is 0. The maximum atomic E-state index is 13.3. The number of nitrogens with zero attached hydrogens (tertiary/aromatic N) is 1. The van der Waals surface area contributed by atoms with Gasteiger partial charge in [0, 0.05) is 13.6 Å². The van der Waals surface area contributed by atoms with Crippen LogP contribution >= 0.6 is 0 Å². The van der Waals surface area contributed by atoms with E-state index in [1.807, 2.05) is 11.9 Å². The Hall–Kier alpha value is -1.31. The predicted octanol–water partition coefficient (Wildman–Crippen LogP) is 4.48. The number of hydrogen-bond acceptors (Lipinski definition) is 1. The van der Waals surface area contributed by atoms with E-state index in [1.54, 1.807) is 0 Å². The highest BCUT2D eigenvalue weighted by atomic mass is 16.2.